The number of aliphatic hydroxyl groups is 2. The smallest absolute Gasteiger partial charge is 0.193 e. The van der Waals surface area contributed by atoms with Gasteiger partial charge in [-0.1, -0.05) is 178 Å². The predicted molar refractivity (Wildman–Crippen MR) is 205 cm³/mol. The second kappa shape index (κ2) is 25.6. The minimum atomic E-state index is -1.29. The third-order valence-electron chi connectivity index (χ3n) is 9.18. The Morgan fingerprint density at radius 1 is 0.417 bits per heavy atom. The lowest BCUT2D eigenvalue weighted by atomic mass is 9.95. The summed E-state index contributed by atoms with van der Waals surface area (Å²) in [6.45, 7) is 10.7. The number of hydrogen-bond acceptors (Lipinski definition) is 4. The van der Waals surface area contributed by atoms with E-state index in [1.54, 1.807) is 0 Å². The van der Waals surface area contributed by atoms with Crippen molar-refractivity contribution < 1.29 is 19.8 Å². The number of hydrogen-bond donors (Lipinski definition) is 2. The molecule has 0 heterocycles. The van der Waals surface area contributed by atoms with Crippen molar-refractivity contribution in [3.05, 3.63) is 70.8 Å². The van der Waals surface area contributed by atoms with E-state index >= 15 is 0 Å². The molecule has 272 valence electrons. The molecule has 0 saturated carbocycles. The summed E-state index contributed by atoms with van der Waals surface area (Å²) in [5.41, 5.74) is 1.16. The Balaban J connectivity index is 0.000000480. The highest BCUT2D eigenvalue weighted by Gasteiger charge is 2.25. The lowest BCUT2D eigenvalue weighted by Gasteiger charge is -2.15. The Bertz CT molecular complexity index is 997. The number of Topliss-reactive ketones (excluding diaryl/α,β-unsaturated/α-hetero) is 2. The molecule has 0 aromatic heterocycles. The zero-order valence-corrected chi connectivity index (χ0v) is 31.9. The van der Waals surface area contributed by atoms with Gasteiger partial charge in [0.05, 0.1) is 0 Å². The Hall–Kier alpha value is -2.30. The highest BCUT2D eigenvalue weighted by atomic mass is 16.3. The summed E-state index contributed by atoms with van der Waals surface area (Å²) in [6.07, 6.45) is 29.2. The lowest BCUT2D eigenvalue weighted by Crippen LogP contribution is -2.31. The van der Waals surface area contributed by atoms with Crippen molar-refractivity contribution in [1.29, 1.82) is 0 Å². The van der Waals surface area contributed by atoms with E-state index in [-0.39, 0.29) is 11.6 Å². The Kier molecular flexibility index (Phi) is 23.4. The number of aryl methyl sites for hydroxylation is 2. The predicted octanol–water partition coefficient (Wildman–Crippen LogP) is 12.2. The van der Waals surface area contributed by atoms with Gasteiger partial charge in [-0.15, -0.1) is 0 Å². The average molecular weight is 665 g/mol. The summed E-state index contributed by atoms with van der Waals surface area (Å²) in [6, 6.07) is 15.4. The molecular formula is C44H72O4. The van der Waals surface area contributed by atoms with Gasteiger partial charge in [-0.3, -0.25) is 9.59 Å². The molecule has 0 amide bonds. The van der Waals surface area contributed by atoms with E-state index in [9.17, 15) is 19.8 Å². The van der Waals surface area contributed by atoms with E-state index in [1.165, 1.54) is 167 Å². The number of benzene rings is 2. The van der Waals surface area contributed by atoms with Crippen molar-refractivity contribution in [2.75, 3.05) is 0 Å². The fourth-order valence-electron chi connectivity index (χ4n) is 5.99. The molecule has 0 fully saturated rings. The molecule has 0 unspecified atom stereocenters. The average Bonchev–Trinajstić information content (AvgIpc) is 3.06. The molecule has 4 heteroatoms. The van der Waals surface area contributed by atoms with Crippen LogP contribution < -0.4 is 0 Å². The third-order valence-corrected chi connectivity index (χ3v) is 9.18. The first kappa shape index (κ1) is 43.7. The standard InChI is InChI=1S/2C22H36O2/c2*1-4-5-6-7-8-9-10-11-12-13-14-19-15-17-20(18-16-19)21(23)22(2,3)24/h2*15-18,24H,4-14H2,1-3H3. The summed E-state index contributed by atoms with van der Waals surface area (Å²) in [7, 11) is 0. The van der Waals surface area contributed by atoms with Crippen LogP contribution in [0.3, 0.4) is 0 Å². The van der Waals surface area contributed by atoms with Crippen LogP contribution in [0.2, 0.25) is 0 Å². The Morgan fingerprint density at radius 2 is 0.646 bits per heavy atom. The van der Waals surface area contributed by atoms with E-state index in [0.29, 0.717) is 11.1 Å². The van der Waals surface area contributed by atoms with E-state index in [2.05, 4.69) is 13.8 Å². The van der Waals surface area contributed by atoms with Gasteiger partial charge >= 0.3 is 0 Å². The van der Waals surface area contributed by atoms with Crippen molar-refractivity contribution >= 4 is 11.6 Å². The largest absolute Gasteiger partial charge is 0.382 e. The van der Waals surface area contributed by atoms with Gasteiger partial charge in [0.2, 0.25) is 0 Å². The summed E-state index contributed by atoms with van der Waals surface area (Å²) >= 11 is 0. The van der Waals surface area contributed by atoms with Crippen LogP contribution in [0.5, 0.6) is 0 Å². The van der Waals surface area contributed by atoms with Crippen LogP contribution in [-0.2, 0) is 12.8 Å². The third kappa shape index (κ3) is 20.9. The fourth-order valence-corrected chi connectivity index (χ4v) is 5.99. The van der Waals surface area contributed by atoms with Crippen molar-refractivity contribution in [1.82, 2.24) is 0 Å². The molecule has 2 aromatic carbocycles. The van der Waals surface area contributed by atoms with Gasteiger partial charge in [-0.25, -0.2) is 0 Å². The quantitative estimate of drug-likeness (QED) is 0.0775. The molecule has 0 aliphatic carbocycles. The van der Waals surface area contributed by atoms with E-state index in [4.69, 9.17) is 0 Å². The van der Waals surface area contributed by atoms with E-state index < -0.39 is 11.2 Å². The van der Waals surface area contributed by atoms with Crippen LogP contribution in [0.1, 0.15) is 202 Å². The van der Waals surface area contributed by atoms with Gasteiger partial charge < -0.3 is 10.2 Å². The Labute approximate surface area is 295 Å². The maximum atomic E-state index is 12.0. The second-order valence-corrected chi connectivity index (χ2v) is 15.0. The molecule has 0 radical (unpaired) electrons. The summed E-state index contributed by atoms with van der Waals surface area (Å²) in [4.78, 5) is 23.9. The second-order valence-electron chi connectivity index (χ2n) is 15.0. The summed E-state index contributed by atoms with van der Waals surface area (Å²) < 4.78 is 0. The van der Waals surface area contributed by atoms with Gasteiger partial charge in [0.1, 0.15) is 11.2 Å². The van der Waals surface area contributed by atoms with Crippen LogP contribution in [0.25, 0.3) is 0 Å². The number of ketones is 2. The van der Waals surface area contributed by atoms with Crippen molar-refractivity contribution in [2.24, 2.45) is 0 Å². The normalized spacial score (nSPS) is 11.7. The lowest BCUT2D eigenvalue weighted by molar-refractivity contribution is 0.0487. The molecule has 48 heavy (non-hydrogen) atoms. The van der Waals surface area contributed by atoms with Crippen LogP contribution in [0, 0.1) is 0 Å². The maximum Gasteiger partial charge on any atom is 0.193 e. The number of unbranched alkanes of at least 4 members (excludes halogenated alkanes) is 18. The molecule has 2 aromatic rings. The van der Waals surface area contributed by atoms with Crippen molar-refractivity contribution in [3.8, 4) is 0 Å². The Morgan fingerprint density at radius 3 is 0.875 bits per heavy atom. The minimum absolute atomic E-state index is 0.215. The topological polar surface area (TPSA) is 74.6 Å². The molecule has 0 aliphatic rings. The molecule has 0 bridgehead atoms. The molecule has 0 saturated heterocycles. The fraction of sp³-hybridized carbons (Fsp3) is 0.682. The first-order valence-electron chi connectivity index (χ1n) is 19.6. The first-order chi connectivity index (χ1) is 22.9. The number of carbonyl (C=O) groups is 2. The minimum Gasteiger partial charge on any atom is -0.382 e. The van der Waals surface area contributed by atoms with Gasteiger partial charge in [0.15, 0.2) is 11.6 Å². The van der Waals surface area contributed by atoms with E-state index in [1.807, 2.05) is 48.5 Å². The van der Waals surface area contributed by atoms with Gasteiger partial charge in [0.25, 0.3) is 0 Å². The van der Waals surface area contributed by atoms with Crippen LogP contribution in [0.4, 0.5) is 0 Å². The van der Waals surface area contributed by atoms with Gasteiger partial charge in [-0.2, -0.15) is 0 Å². The van der Waals surface area contributed by atoms with Crippen molar-refractivity contribution in [2.45, 2.75) is 194 Å². The highest BCUT2D eigenvalue weighted by Crippen LogP contribution is 2.18. The molecular weight excluding hydrogens is 592 g/mol. The number of rotatable bonds is 26. The zero-order chi connectivity index (χ0) is 35.7. The van der Waals surface area contributed by atoms with Crippen LogP contribution >= 0.6 is 0 Å². The van der Waals surface area contributed by atoms with Gasteiger partial charge in [-0.05, 0) is 64.5 Å². The first-order valence-corrected chi connectivity index (χ1v) is 19.6. The van der Waals surface area contributed by atoms with Crippen LogP contribution in [0.15, 0.2) is 48.5 Å². The molecule has 2 N–H and O–H groups in total. The maximum absolute atomic E-state index is 12.0. The zero-order valence-electron chi connectivity index (χ0n) is 31.9. The molecule has 0 spiro atoms. The summed E-state index contributed by atoms with van der Waals surface area (Å²) in [5.74, 6) is -0.430. The molecule has 0 atom stereocenters. The number of carbonyl (C=O) groups excluding carboxylic acids is 2. The molecule has 0 aliphatic heterocycles. The molecule has 4 nitrogen and oxygen atoms in total. The molecule has 2 rings (SSSR count). The SMILES string of the molecule is CCCCCCCCCCCCc1ccc(C(=O)C(C)(C)O)cc1.CCCCCCCCCCCCc1ccc(C(=O)C(C)(C)O)cc1. The highest BCUT2D eigenvalue weighted by molar-refractivity contribution is 6.02. The monoisotopic (exact) mass is 665 g/mol. The van der Waals surface area contributed by atoms with Crippen molar-refractivity contribution in [3.63, 3.8) is 0 Å². The van der Waals surface area contributed by atoms with Crippen LogP contribution in [-0.4, -0.2) is 33.0 Å². The summed E-state index contributed by atoms with van der Waals surface area (Å²) in [5, 5.41) is 19.5. The van der Waals surface area contributed by atoms with Gasteiger partial charge in [0, 0.05) is 11.1 Å². The van der Waals surface area contributed by atoms with E-state index in [0.717, 1.165) is 12.8 Å².